The van der Waals surface area contributed by atoms with Gasteiger partial charge in [0.2, 0.25) is 10.0 Å². The summed E-state index contributed by atoms with van der Waals surface area (Å²) < 4.78 is 30.5. The molecule has 1 rings (SSSR count). The Kier molecular flexibility index (Phi) is 16.7. The molecule has 1 aromatic carbocycles. The van der Waals surface area contributed by atoms with Crippen LogP contribution >= 0.6 is 0 Å². The van der Waals surface area contributed by atoms with Gasteiger partial charge in [-0.2, -0.15) is 4.31 Å². The number of sulfonamides is 1. The summed E-state index contributed by atoms with van der Waals surface area (Å²) in [6, 6.07) is 5.21. The topological polar surface area (TPSA) is 74.7 Å². The minimum Gasteiger partial charge on any atom is -0.478 e. The molecule has 0 amide bonds. The van der Waals surface area contributed by atoms with Gasteiger partial charge in [0.1, 0.15) is 0 Å². The van der Waals surface area contributed by atoms with Crippen LogP contribution in [0.15, 0.2) is 29.2 Å². The van der Waals surface area contributed by atoms with Crippen molar-refractivity contribution < 1.29 is 18.3 Å². The Balaban J connectivity index is 0.000000584. The second kappa shape index (κ2) is 17.0. The Morgan fingerprint density at radius 3 is 1.53 bits per heavy atom. The molecule has 0 heterocycles. The fourth-order valence-electron chi connectivity index (χ4n) is 3.14. The zero-order valence-corrected chi connectivity index (χ0v) is 23.3. The van der Waals surface area contributed by atoms with Crippen LogP contribution in [0.2, 0.25) is 13.3 Å². The minimum atomic E-state index is -3.50. The minimum absolute atomic E-state index is 0.0727. The van der Waals surface area contributed by atoms with Gasteiger partial charge in [-0.15, -0.1) is 0 Å². The predicted molar refractivity (Wildman–Crippen MR) is 128 cm³/mol. The number of nitrogens with zero attached hydrogens (tertiary/aromatic N) is 1. The second-order valence-corrected chi connectivity index (χ2v) is 18.0. The van der Waals surface area contributed by atoms with E-state index in [0.717, 1.165) is 0 Å². The molecule has 0 atom stereocenters. The summed E-state index contributed by atoms with van der Waals surface area (Å²) in [6.45, 7) is 11.3. The summed E-state index contributed by atoms with van der Waals surface area (Å²) in [6.07, 6.45) is 8.85. The molecule has 0 fully saturated rings. The Bertz CT molecular complexity index is 654. The van der Waals surface area contributed by atoms with E-state index in [1.54, 1.807) is 27.2 Å². The summed E-state index contributed by atoms with van der Waals surface area (Å²) in [5.41, 5.74) is 0.0727. The SMILES string of the molecule is CCC[CH2][Sn]([CH2]CCC)[CH2]CCC.CCN(CC)S(=O)(=O)c1ccc(C(=O)O)cc1. The third-order valence-electron chi connectivity index (χ3n) is 5.10. The monoisotopic (exact) mass is 548 g/mol. The predicted octanol–water partition coefficient (Wildman–Crippen LogP) is 6.30. The van der Waals surface area contributed by atoms with E-state index in [-0.39, 0.29) is 10.5 Å². The summed E-state index contributed by atoms with van der Waals surface area (Å²) in [7, 11) is -3.50. The van der Waals surface area contributed by atoms with Crippen molar-refractivity contribution in [1.29, 1.82) is 0 Å². The summed E-state index contributed by atoms with van der Waals surface area (Å²) in [4.78, 5) is 10.8. The molecule has 0 aromatic heterocycles. The van der Waals surface area contributed by atoms with Crippen LogP contribution in [-0.4, -0.2) is 56.6 Å². The van der Waals surface area contributed by atoms with Crippen molar-refractivity contribution in [2.75, 3.05) is 13.1 Å². The Hall–Kier alpha value is -0.601. The first-order valence-electron chi connectivity index (χ1n) is 11.4. The molecule has 0 spiro atoms. The average Bonchev–Trinajstić information content (AvgIpc) is 2.74. The standard InChI is InChI=1S/C11H15NO4S.3C4H9.Sn/c1-3-12(4-2)17(15,16)10-7-5-9(6-8-10)11(13)14;3*1-3-4-2;/h5-8H,3-4H2,1-2H3,(H,13,14);3*1,3-4H2,2H3;. The fraction of sp³-hybridized carbons (Fsp3) is 0.696. The summed E-state index contributed by atoms with van der Waals surface area (Å²) in [5, 5.41) is 8.72. The van der Waals surface area contributed by atoms with Crippen molar-refractivity contribution in [2.24, 2.45) is 0 Å². The van der Waals surface area contributed by atoms with Crippen molar-refractivity contribution in [3.63, 3.8) is 0 Å². The van der Waals surface area contributed by atoms with Gasteiger partial charge < -0.3 is 5.11 Å². The maximum Gasteiger partial charge on any atom is 0.335 e. The van der Waals surface area contributed by atoms with E-state index >= 15 is 0 Å². The molecule has 1 N–H and O–H groups in total. The quantitative estimate of drug-likeness (QED) is 0.278. The average molecular weight is 547 g/mol. The van der Waals surface area contributed by atoms with E-state index in [9.17, 15) is 13.2 Å². The number of aromatic carboxylic acids is 1. The largest absolute Gasteiger partial charge is 0.478 e. The molecule has 0 aliphatic rings. The van der Waals surface area contributed by atoms with Crippen molar-refractivity contribution in [2.45, 2.75) is 91.3 Å². The molecule has 173 valence electrons. The van der Waals surface area contributed by atoms with Crippen LogP contribution in [-0.2, 0) is 10.0 Å². The molecule has 0 unspecified atom stereocenters. The Morgan fingerprint density at radius 2 is 1.23 bits per heavy atom. The molecule has 1 radical (unpaired) electrons. The molecule has 0 aliphatic carbocycles. The third kappa shape index (κ3) is 11.1. The van der Waals surface area contributed by atoms with Crippen LogP contribution < -0.4 is 0 Å². The van der Waals surface area contributed by atoms with E-state index in [1.807, 2.05) is 0 Å². The number of hydrogen-bond acceptors (Lipinski definition) is 3. The maximum atomic E-state index is 12.1. The number of benzene rings is 1. The third-order valence-corrected chi connectivity index (χ3v) is 16.2. The normalized spacial score (nSPS) is 11.4. The van der Waals surface area contributed by atoms with Crippen LogP contribution in [0.5, 0.6) is 0 Å². The van der Waals surface area contributed by atoms with Crippen molar-refractivity contribution in [3.05, 3.63) is 29.8 Å². The zero-order chi connectivity index (χ0) is 23.0. The summed E-state index contributed by atoms with van der Waals surface area (Å²) in [5.74, 6) is -1.07. The molecular weight excluding hydrogens is 505 g/mol. The van der Waals surface area contributed by atoms with Crippen LogP contribution in [0.25, 0.3) is 0 Å². The van der Waals surface area contributed by atoms with Gasteiger partial charge in [0.05, 0.1) is 10.5 Å². The number of carbonyl (C=O) groups is 1. The first kappa shape index (κ1) is 29.4. The van der Waals surface area contributed by atoms with Gasteiger partial charge in [-0.3, -0.25) is 0 Å². The van der Waals surface area contributed by atoms with E-state index in [2.05, 4.69) is 20.8 Å². The van der Waals surface area contributed by atoms with Gasteiger partial charge in [0.25, 0.3) is 0 Å². The molecule has 0 saturated carbocycles. The van der Waals surface area contributed by atoms with Gasteiger partial charge in [0.15, 0.2) is 0 Å². The molecule has 0 bridgehead atoms. The zero-order valence-electron chi connectivity index (χ0n) is 19.6. The smallest absolute Gasteiger partial charge is 0.335 e. The fourth-order valence-corrected chi connectivity index (χ4v) is 14.0. The summed E-state index contributed by atoms with van der Waals surface area (Å²) >= 11 is -0.839. The number of carboxylic acid groups (broad SMARTS) is 1. The van der Waals surface area contributed by atoms with E-state index in [4.69, 9.17) is 5.11 Å². The van der Waals surface area contributed by atoms with E-state index < -0.39 is 35.8 Å². The van der Waals surface area contributed by atoms with Crippen molar-refractivity contribution in [3.8, 4) is 0 Å². The van der Waals surface area contributed by atoms with Crippen molar-refractivity contribution in [1.82, 2.24) is 4.31 Å². The Morgan fingerprint density at radius 1 is 0.833 bits per heavy atom. The molecule has 1 aromatic rings. The van der Waals surface area contributed by atoms with Crippen LogP contribution in [0.3, 0.4) is 0 Å². The Labute approximate surface area is 192 Å². The van der Waals surface area contributed by atoms with Gasteiger partial charge in [-0.05, 0) is 24.3 Å². The number of carboxylic acids is 1. The van der Waals surface area contributed by atoms with Crippen LogP contribution in [0, 0.1) is 0 Å². The second-order valence-electron chi connectivity index (χ2n) is 7.48. The number of hydrogen-bond donors (Lipinski definition) is 1. The molecule has 0 aliphatic heterocycles. The molecule has 0 saturated heterocycles. The van der Waals surface area contributed by atoms with Gasteiger partial charge in [-0.25, -0.2) is 13.2 Å². The first-order chi connectivity index (χ1) is 14.3. The van der Waals surface area contributed by atoms with Gasteiger partial charge in [0, 0.05) is 13.1 Å². The molecule has 5 nitrogen and oxygen atoms in total. The number of unbranched alkanes of at least 4 members (excludes halogenated alkanes) is 3. The van der Waals surface area contributed by atoms with Crippen molar-refractivity contribution >= 4 is 35.8 Å². The van der Waals surface area contributed by atoms with E-state index in [0.29, 0.717) is 13.1 Å². The molecular formula is C23H42NO4SSn. The first-order valence-corrected chi connectivity index (χ1v) is 18.9. The molecule has 7 heteroatoms. The van der Waals surface area contributed by atoms with E-state index in [1.165, 1.54) is 67.1 Å². The number of rotatable bonds is 14. The van der Waals surface area contributed by atoms with Gasteiger partial charge >= 0.3 is 98.3 Å². The van der Waals surface area contributed by atoms with Crippen LogP contribution in [0.1, 0.15) is 83.5 Å². The van der Waals surface area contributed by atoms with Crippen LogP contribution in [0.4, 0.5) is 0 Å². The maximum absolute atomic E-state index is 12.1. The van der Waals surface area contributed by atoms with Gasteiger partial charge in [-0.1, -0.05) is 13.8 Å². The molecule has 30 heavy (non-hydrogen) atoms.